The maximum Gasteiger partial charge on any atom is 0.248 e. The number of aromatic nitrogens is 1. The molecule has 0 saturated heterocycles. The summed E-state index contributed by atoms with van der Waals surface area (Å²) in [5.41, 5.74) is 2.41. The number of hydrogen-bond acceptors (Lipinski definition) is 5. The second kappa shape index (κ2) is 9.00. The van der Waals surface area contributed by atoms with Crippen molar-refractivity contribution in [3.63, 3.8) is 0 Å². The lowest BCUT2D eigenvalue weighted by Crippen LogP contribution is -2.08. The zero-order chi connectivity index (χ0) is 19.1. The third-order valence-corrected chi connectivity index (χ3v) is 4.53. The van der Waals surface area contributed by atoms with Crippen LogP contribution in [0.5, 0.6) is 11.5 Å². The fraction of sp³-hybridized carbons (Fsp3) is 0.143. The van der Waals surface area contributed by atoms with E-state index in [4.69, 9.17) is 9.47 Å². The Morgan fingerprint density at radius 2 is 2.07 bits per heavy atom. The molecule has 1 aromatic heterocycles. The lowest BCUT2D eigenvalue weighted by atomic mass is 10.2. The molecule has 138 valence electrons. The summed E-state index contributed by atoms with van der Waals surface area (Å²) < 4.78 is 11.0. The number of ether oxygens (including phenoxy) is 2. The van der Waals surface area contributed by atoms with E-state index in [1.54, 1.807) is 36.7 Å². The Morgan fingerprint density at radius 1 is 1.22 bits per heavy atom. The number of thiazole rings is 1. The van der Waals surface area contributed by atoms with Gasteiger partial charge in [0.15, 0.2) is 0 Å². The van der Waals surface area contributed by atoms with Crippen molar-refractivity contribution in [3.8, 4) is 11.5 Å². The molecule has 0 fully saturated rings. The number of nitrogens with zero attached hydrogens (tertiary/aromatic N) is 1. The maximum absolute atomic E-state index is 12.2. The van der Waals surface area contributed by atoms with E-state index in [0.29, 0.717) is 18.0 Å². The summed E-state index contributed by atoms with van der Waals surface area (Å²) in [4.78, 5) is 16.5. The van der Waals surface area contributed by atoms with Crippen molar-refractivity contribution in [1.82, 2.24) is 4.98 Å². The molecule has 0 aliphatic heterocycles. The quantitative estimate of drug-likeness (QED) is 0.604. The molecule has 1 amide bonds. The smallest absolute Gasteiger partial charge is 0.248 e. The van der Waals surface area contributed by atoms with E-state index in [0.717, 1.165) is 22.0 Å². The van der Waals surface area contributed by atoms with Gasteiger partial charge in [0.25, 0.3) is 0 Å². The molecule has 5 nitrogen and oxygen atoms in total. The third kappa shape index (κ3) is 5.43. The lowest BCUT2D eigenvalue weighted by molar-refractivity contribution is -0.111. The van der Waals surface area contributed by atoms with Crippen LogP contribution in [-0.4, -0.2) is 18.0 Å². The number of benzene rings is 2. The molecule has 0 spiro atoms. The molecule has 0 bridgehead atoms. The van der Waals surface area contributed by atoms with E-state index in [1.807, 2.05) is 48.7 Å². The number of nitrogens with one attached hydrogen (secondary N) is 1. The molecule has 6 heteroatoms. The number of amides is 1. The Balaban J connectivity index is 1.60. The second-order valence-corrected chi connectivity index (χ2v) is 6.80. The molecule has 2 aromatic carbocycles. The molecule has 1 N–H and O–H groups in total. The lowest BCUT2D eigenvalue weighted by Gasteiger charge is -2.08. The van der Waals surface area contributed by atoms with Crippen LogP contribution >= 0.6 is 11.3 Å². The number of hydrogen-bond donors (Lipinski definition) is 1. The molecule has 0 aliphatic carbocycles. The number of anilines is 1. The first-order valence-electron chi connectivity index (χ1n) is 8.40. The largest absolute Gasteiger partial charge is 0.495 e. The number of carbonyl (C=O) groups is 1. The number of methoxy groups -OCH3 is 1. The summed E-state index contributed by atoms with van der Waals surface area (Å²) in [5, 5.41) is 5.81. The van der Waals surface area contributed by atoms with Crippen molar-refractivity contribution in [2.45, 2.75) is 13.5 Å². The molecular formula is C21H20N2O3S. The van der Waals surface area contributed by atoms with Gasteiger partial charge < -0.3 is 14.8 Å². The highest BCUT2D eigenvalue weighted by atomic mass is 32.1. The highest BCUT2D eigenvalue weighted by Gasteiger charge is 2.04. The van der Waals surface area contributed by atoms with Crippen molar-refractivity contribution in [2.24, 2.45) is 0 Å². The summed E-state index contributed by atoms with van der Waals surface area (Å²) in [5.74, 6) is 1.11. The number of carbonyl (C=O) groups excluding carboxylic acids is 1. The summed E-state index contributed by atoms with van der Waals surface area (Å²) >= 11 is 1.60. The first-order valence-corrected chi connectivity index (χ1v) is 9.28. The molecule has 1 heterocycles. The van der Waals surface area contributed by atoms with Crippen molar-refractivity contribution in [1.29, 1.82) is 0 Å². The Morgan fingerprint density at radius 3 is 2.85 bits per heavy atom. The Bertz CT molecular complexity index is 950. The van der Waals surface area contributed by atoms with Gasteiger partial charge in [0.1, 0.15) is 18.1 Å². The van der Waals surface area contributed by atoms with Crippen LogP contribution < -0.4 is 14.8 Å². The highest BCUT2D eigenvalue weighted by molar-refractivity contribution is 7.09. The number of para-hydroxylation sites is 2. The average Bonchev–Trinajstić information content (AvgIpc) is 3.11. The number of rotatable bonds is 7. The molecule has 0 radical (unpaired) electrons. The highest BCUT2D eigenvalue weighted by Crippen LogP contribution is 2.23. The van der Waals surface area contributed by atoms with Crippen molar-refractivity contribution in [3.05, 3.63) is 76.3 Å². The maximum atomic E-state index is 12.2. The third-order valence-electron chi connectivity index (χ3n) is 3.70. The van der Waals surface area contributed by atoms with Crippen LogP contribution in [0.15, 0.2) is 60.0 Å². The van der Waals surface area contributed by atoms with Crippen molar-refractivity contribution in [2.75, 3.05) is 12.4 Å². The first-order chi connectivity index (χ1) is 13.1. The van der Waals surface area contributed by atoms with Crippen LogP contribution in [-0.2, 0) is 11.4 Å². The first kappa shape index (κ1) is 18.7. The van der Waals surface area contributed by atoms with Gasteiger partial charge in [0, 0.05) is 11.5 Å². The van der Waals surface area contributed by atoms with Gasteiger partial charge in [0.2, 0.25) is 5.91 Å². The van der Waals surface area contributed by atoms with Gasteiger partial charge in [-0.05, 0) is 42.8 Å². The van der Waals surface area contributed by atoms with Crippen LogP contribution in [0.25, 0.3) is 6.08 Å². The molecule has 27 heavy (non-hydrogen) atoms. The van der Waals surface area contributed by atoms with E-state index < -0.39 is 0 Å². The molecular weight excluding hydrogens is 360 g/mol. The molecule has 3 aromatic rings. The van der Waals surface area contributed by atoms with Crippen molar-refractivity contribution >= 4 is 29.0 Å². The van der Waals surface area contributed by atoms with Gasteiger partial charge in [-0.25, -0.2) is 4.98 Å². The molecule has 0 atom stereocenters. The minimum Gasteiger partial charge on any atom is -0.495 e. The molecule has 3 rings (SSSR count). The normalized spacial score (nSPS) is 10.7. The zero-order valence-corrected chi connectivity index (χ0v) is 16.0. The minimum absolute atomic E-state index is 0.233. The van der Waals surface area contributed by atoms with Gasteiger partial charge in [0.05, 0.1) is 23.5 Å². The average molecular weight is 380 g/mol. The van der Waals surface area contributed by atoms with Gasteiger partial charge in [-0.15, -0.1) is 11.3 Å². The Labute approximate surface area is 162 Å². The molecule has 0 unspecified atom stereocenters. The predicted molar refractivity (Wildman–Crippen MR) is 108 cm³/mol. The van der Waals surface area contributed by atoms with Gasteiger partial charge >= 0.3 is 0 Å². The SMILES string of the molecule is COc1ccccc1NC(=O)/C=C/c1cccc(OCc2csc(C)n2)c1. The van der Waals surface area contributed by atoms with Crippen LogP contribution in [0.1, 0.15) is 16.3 Å². The Kier molecular flexibility index (Phi) is 6.22. The fourth-order valence-electron chi connectivity index (χ4n) is 2.43. The summed E-state index contributed by atoms with van der Waals surface area (Å²) in [6.07, 6.45) is 3.22. The predicted octanol–water partition coefficient (Wildman–Crippen LogP) is 4.69. The van der Waals surface area contributed by atoms with Gasteiger partial charge in [-0.3, -0.25) is 4.79 Å². The van der Waals surface area contributed by atoms with Crippen LogP contribution in [0.3, 0.4) is 0 Å². The van der Waals surface area contributed by atoms with E-state index in [2.05, 4.69) is 10.3 Å². The summed E-state index contributed by atoms with van der Waals surface area (Å²) in [6.45, 7) is 2.39. The monoisotopic (exact) mass is 380 g/mol. The van der Waals surface area contributed by atoms with E-state index >= 15 is 0 Å². The van der Waals surface area contributed by atoms with Crippen LogP contribution in [0.2, 0.25) is 0 Å². The second-order valence-electron chi connectivity index (χ2n) is 5.74. The summed E-state index contributed by atoms with van der Waals surface area (Å²) in [6, 6.07) is 14.8. The van der Waals surface area contributed by atoms with Gasteiger partial charge in [-0.2, -0.15) is 0 Å². The van der Waals surface area contributed by atoms with E-state index in [1.165, 1.54) is 6.08 Å². The van der Waals surface area contributed by atoms with Gasteiger partial charge in [-0.1, -0.05) is 24.3 Å². The molecule has 0 saturated carbocycles. The van der Waals surface area contributed by atoms with E-state index in [9.17, 15) is 4.79 Å². The molecule has 0 aliphatic rings. The fourth-order valence-corrected chi connectivity index (χ4v) is 3.03. The number of aryl methyl sites for hydroxylation is 1. The van der Waals surface area contributed by atoms with Crippen molar-refractivity contribution < 1.29 is 14.3 Å². The minimum atomic E-state index is -0.233. The standard InChI is InChI=1S/C21H20N2O3S/c1-15-22-17(14-27-15)13-26-18-7-5-6-16(12-18)10-11-21(24)23-19-8-3-4-9-20(19)25-2/h3-12,14H,13H2,1-2H3,(H,23,24)/b11-10+. The zero-order valence-electron chi connectivity index (χ0n) is 15.1. The van der Waals surface area contributed by atoms with Crippen LogP contribution in [0, 0.1) is 6.92 Å². The van der Waals surface area contributed by atoms with Crippen LogP contribution in [0.4, 0.5) is 5.69 Å². The van der Waals surface area contributed by atoms with E-state index in [-0.39, 0.29) is 5.91 Å². The Hall–Kier alpha value is -3.12. The summed E-state index contributed by atoms with van der Waals surface area (Å²) in [7, 11) is 1.57. The topological polar surface area (TPSA) is 60.5 Å².